The Morgan fingerprint density at radius 2 is 0.765 bits per heavy atom. The minimum absolute atomic E-state index is 0.727. The van der Waals surface area contributed by atoms with Crippen molar-refractivity contribution in [3.63, 3.8) is 0 Å². The molecule has 0 aromatic heterocycles. The van der Waals surface area contributed by atoms with Gasteiger partial charge in [-0.25, -0.2) is 0 Å². The maximum absolute atomic E-state index is 6.49. The van der Waals surface area contributed by atoms with Crippen LogP contribution in [-0.2, 0) is 31.4 Å². The second kappa shape index (κ2) is 14.6. The van der Waals surface area contributed by atoms with Crippen molar-refractivity contribution in [1.29, 1.82) is 0 Å². The van der Waals surface area contributed by atoms with E-state index in [2.05, 4.69) is 92.5 Å². The third-order valence-electron chi connectivity index (χ3n) is 5.49. The first kappa shape index (κ1) is 26.0. The van der Waals surface area contributed by atoms with Gasteiger partial charge < -0.3 is 13.3 Å². The fraction of sp³-hybridized carbons (Fsp3) is 0.143. The number of benzene rings is 3. The number of hydrogen-bond acceptors (Lipinski definition) is 3. The molecule has 0 radical (unpaired) electrons. The van der Waals surface area contributed by atoms with Crippen molar-refractivity contribution in [2.24, 2.45) is 0 Å². The highest BCUT2D eigenvalue weighted by atomic mass is 28.3. The Bertz CT molecular complexity index is 867. The average Bonchev–Trinajstić information content (AvgIpc) is 2.89. The molecule has 0 heterocycles. The van der Waals surface area contributed by atoms with E-state index in [1.54, 1.807) is 0 Å². The molecule has 6 heteroatoms. The maximum Gasteiger partial charge on any atom is 0.243 e. The smallest absolute Gasteiger partial charge is 0.243 e. The third kappa shape index (κ3) is 8.98. The van der Waals surface area contributed by atoms with Crippen LogP contribution < -0.4 is 0 Å². The normalized spacial score (nSPS) is 14.5. The molecule has 0 bridgehead atoms. The molecule has 0 spiro atoms. The largest absolute Gasteiger partial charge is 0.371 e. The Labute approximate surface area is 209 Å². The van der Waals surface area contributed by atoms with E-state index in [1.807, 2.05) is 35.3 Å². The van der Waals surface area contributed by atoms with Crippen LogP contribution in [0.1, 0.15) is 16.7 Å². The summed E-state index contributed by atoms with van der Waals surface area (Å²) in [7, 11) is -5.45. The summed E-state index contributed by atoms with van der Waals surface area (Å²) in [6, 6.07) is 33.6. The highest BCUT2D eigenvalue weighted by Crippen LogP contribution is 2.14. The van der Waals surface area contributed by atoms with Gasteiger partial charge in [-0.1, -0.05) is 108 Å². The van der Waals surface area contributed by atoms with E-state index in [4.69, 9.17) is 13.3 Å². The zero-order valence-electron chi connectivity index (χ0n) is 19.7. The average molecular weight is 503 g/mol. The maximum atomic E-state index is 6.49. The van der Waals surface area contributed by atoms with Crippen molar-refractivity contribution >= 4 is 27.1 Å². The minimum Gasteiger partial charge on any atom is -0.371 e. The van der Waals surface area contributed by atoms with Gasteiger partial charge in [-0.3, -0.25) is 0 Å². The van der Waals surface area contributed by atoms with Gasteiger partial charge >= 0.3 is 0 Å². The fourth-order valence-electron chi connectivity index (χ4n) is 3.62. The molecule has 3 atom stereocenters. The van der Waals surface area contributed by atoms with Crippen LogP contribution in [-0.4, -0.2) is 33.6 Å². The minimum atomic E-state index is -1.82. The van der Waals surface area contributed by atoms with E-state index >= 15 is 0 Å². The second-order valence-electron chi connectivity index (χ2n) is 8.09. The zero-order valence-corrected chi connectivity index (χ0v) is 23.1. The standard InChI is InChI=1S/C28H34O3Si3/c1-4-32(22-25-16-10-7-11-17-25)29-28(30-33(5-2)23-26-18-12-8-13-19-26)31-34(6-3)24-27-20-14-9-15-21-27/h4-21,28,32-34H,1-3,22-24H2. The molecule has 0 aliphatic carbocycles. The van der Waals surface area contributed by atoms with Gasteiger partial charge in [-0.05, 0) is 34.8 Å². The summed E-state index contributed by atoms with van der Waals surface area (Å²) in [5.74, 6) is 0. The Morgan fingerprint density at radius 1 is 0.500 bits per heavy atom. The van der Waals surface area contributed by atoms with Crippen LogP contribution in [0.2, 0.25) is 0 Å². The van der Waals surface area contributed by atoms with Gasteiger partial charge in [0.15, 0.2) is 0 Å². The number of hydrogen-bond donors (Lipinski definition) is 0. The quantitative estimate of drug-likeness (QED) is 0.216. The molecule has 0 aliphatic rings. The van der Waals surface area contributed by atoms with E-state index in [1.165, 1.54) is 16.7 Å². The van der Waals surface area contributed by atoms with Crippen molar-refractivity contribution in [1.82, 2.24) is 0 Å². The Hall–Kier alpha value is -2.59. The molecule has 0 aliphatic heterocycles. The van der Waals surface area contributed by atoms with Crippen molar-refractivity contribution in [3.8, 4) is 0 Å². The lowest BCUT2D eigenvalue weighted by Gasteiger charge is -2.28. The van der Waals surface area contributed by atoms with Crippen LogP contribution in [0.25, 0.3) is 0 Å². The lowest BCUT2D eigenvalue weighted by atomic mass is 10.2. The second-order valence-corrected chi connectivity index (χ2v) is 14.8. The van der Waals surface area contributed by atoms with Gasteiger partial charge in [-0.2, -0.15) is 0 Å². The van der Waals surface area contributed by atoms with Gasteiger partial charge in [0, 0.05) is 0 Å². The van der Waals surface area contributed by atoms with E-state index < -0.39 is 33.6 Å². The van der Waals surface area contributed by atoms with Crippen molar-refractivity contribution in [2.45, 2.75) is 24.6 Å². The molecule has 34 heavy (non-hydrogen) atoms. The first-order valence-electron chi connectivity index (χ1n) is 11.7. The van der Waals surface area contributed by atoms with Crippen LogP contribution in [0, 0.1) is 0 Å². The van der Waals surface area contributed by atoms with Gasteiger partial charge in [0.1, 0.15) is 0 Å². The molecule has 0 amide bonds. The number of rotatable bonds is 15. The van der Waals surface area contributed by atoms with Gasteiger partial charge in [0.25, 0.3) is 0 Å². The Morgan fingerprint density at radius 3 is 1.00 bits per heavy atom. The molecule has 0 N–H and O–H groups in total. The summed E-state index contributed by atoms with van der Waals surface area (Å²) in [5, 5.41) is 0. The van der Waals surface area contributed by atoms with E-state index in [0.717, 1.165) is 18.1 Å². The Kier molecular flexibility index (Phi) is 11.2. The van der Waals surface area contributed by atoms with E-state index in [9.17, 15) is 0 Å². The molecule has 0 saturated carbocycles. The van der Waals surface area contributed by atoms with Crippen LogP contribution in [0.3, 0.4) is 0 Å². The summed E-state index contributed by atoms with van der Waals surface area (Å²) >= 11 is 0. The molecule has 3 aromatic rings. The monoisotopic (exact) mass is 502 g/mol. The summed E-state index contributed by atoms with van der Waals surface area (Å²) in [4.78, 5) is 0. The fourth-order valence-corrected chi connectivity index (χ4v) is 8.58. The van der Waals surface area contributed by atoms with Crippen LogP contribution in [0.5, 0.6) is 0 Å². The van der Waals surface area contributed by atoms with Crippen molar-refractivity contribution in [3.05, 3.63) is 145 Å². The molecule has 3 aromatic carbocycles. The van der Waals surface area contributed by atoms with Gasteiger partial charge in [0.2, 0.25) is 33.6 Å². The molecule has 3 unspecified atom stereocenters. The first-order chi connectivity index (χ1) is 16.7. The summed E-state index contributed by atoms with van der Waals surface area (Å²) in [6.07, 6.45) is 0. The van der Waals surface area contributed by atoms with E-state index in [-0.39, 0.29) is 0 Å². The van der Waals surface area contributed by atoms with Gasteiger partial charge in [-0.15, -0.1) is 19.7 Å². The zero-order chi connectivity index (χ0) is 24.0. The molecule has 176 valence electrons. The van der Waals surface area contributed by atoms with E-state index in [0.29, 0.717) is 0 Å². The van der Waals surface area contributed by atoms with Crippen molar-refractivity contribution < 1.29 is 13.3 Å². The molecule has 0 fully saturated rings. The predicted octanol–water partition coefficient (Wildman–Crippen LogP) is 5.01. The third-order valence-corrected chi connectivity index (χ3v) is 11.4. The lowest BCUT2D eigenvalue weighted by molar-refractivity contribution is -0.148. The SMILES string of the molecule is C=C[SiH](Cc1ccccc1)OC(O[SiH](C=C)Cc1ccccc1)O[SiH](C=C)Cc1ccccc1. The van der Waals surface area contributed by atoms with Gasteiger partial charge in [0.05, 0.1) is 0 Å². The van der Waals surface area contributed by atoms with Crippen molar-refractivity contribution in [2.75, 3.05) is 0 Å². The summed E-state index contributed by atoms with van der Waals surface area (Å²) in [6.45, 7) is 11.4. The van der Waals surface area contributed by atoms with Crippen LogP contribution in [0.4, 0.5) is 0 Å². The molecule has 3 nitrogen and oxygen atoms in total. The first-order valence-corrected chi connectivity index (χ1v) is 17.5. The summed E-state index contributed by atoms with van der Waals surface area (Å²) in [5.41, 5.74) is 9.58. The topological polar surface area (TPSA) is 27.7 Å². The molecular weight excluding hydrogens is 469 g/mol. The highest BCUT2D eigenvalue weighted by molar-refractivity contribution is 6.59. The Balaban J connectivity index is 1.73. The molecule has 0 saturated heterocycles. The summed E-state index contributed by atoms with van der Waals surface area (Å²) < 4.78 is 19.5. The molecular formula is C28H34O3Si3. The predicted molar refractivity (Wildman–Crippen MR) is 150 cm³/mol. The van der Waals surface area contributed by atoms with Crippen LogP contribution in [0.15, 0.2) is 128 Å². The lowest BCUT2D eigenvalue weighted by Crippen LogP contribution is -2.39. The van der Waals surface area contributed by atoms with Crippen LogP contribution >= 0.6 is 0 Å². The molecule has 3 rings (SSSR count). The highest BCUT2D eigenvalue weighted by Gasteiger charge is 2.25.